The Kier molecular flexibility index (Phi) is 5.42. The molecule has 0 radical (unpaired) electrons. The molecule has 2 aromatic rings. The lowest BCUT2D eigenvalue weighted by Crippen LogP contribution is -2.38. The van der Waals surface area contributed by atoms with Gasteiger partial charge in [0.05, 0.1) is 11.1 Å². The van der Waals surface area contributed by atoms with Crippen molar-refractivity contribution in [2.75, 3.05) is 5.32 Å². The molecule has 0 saturated heterocycles. The number of nitrogens with zero attached hydrogens (tertiary/aromatic N) is 3. The third kappa shape index (κ3) is 4.50. The number of nitro benzene ring substituents is 1. The van der Waals surface area contributed by atoms with E-state index in [9.17, 15) is 29.6 Å². The molecule has 1 atom stereocenters. The maximum Gasteiger partial charge on any atom is 0.342 e. The molecule has 13 nitrogen and oxygen atoms in total. The summed E-state index contributed by atoms with van der Waals surface area (Å²) in [5.74, 6) is -1.39. The number of phenols is 1. The zero-order valence-electron chi connectivity index (χ0n) is 13.2. The van der Waals surface area contributed by atoms with E-state index < -0.39 is 39.6 Å². The lowest BCUT2D eigenvalue weighted by atomic mass is 10.2. The van der Waals surface area contributed by atoms with Crippen molar-refractivity contribution in [2.24, 2.45) is 5.10 Å². The van der Waals surface area contributed by atoms with E-state index in [4.69, 9.17) is 0 Å². The van der Waals surface area contributed by atoms with Gasteiger partial charge in [-0.15, -0.1) is 5.10 Å². The number of aromatic amines is 2. The average Bonchev–Trinajstić information content (AvgIpc) is 2.58. The number of carbonyl (C=O) groups is 1. The Morgan fingerprint density at radius 1 is 1.46 bits per heavy atom. The minimum atomic E-state index is -0.930. The van der Waals surface area contributed by atoms with E-state index >= 15 is 0 Å². The van der Waals surface area contributed by atoms with Gasteiger partial charge in [0.1, 0.15) is 6.04 Å². The number of phenolic OH excluding ortho intramolecular Hbond substituents is 1. The molecule has 136 valence electrons. The lowest BCUT2D eigenvalue weighted by molar-refractivity contribution is -0.385. The molecule has 1 aromatic carbocycles. The van der Waals surface area contributed by atoms with Crippen LogP contribution in [0.15, 0.2) is 32.9 Å². The topological polar surface area (TPSA) is 195 Å². The first-order chi connectivity index (χ1) is 12.3. The predicted molar refractivity (Wildman–Crippen MR) is 89.1 cm³/mol. The highest BCUT2D eigenvalue weighted by atomic mass is 16.6. The van der Waals surface area contributed by atoms with Gasteiger partial charge >= 0.3 is 11.4 Å². The third-order valence-corrected chi connectivity index (χ3v) is 3.04. The summed E-state index contributed by atoms with van der Waals surface area (Å²) in [6.07, 6.45) is 1.14. The van der Waals surface area contributed by atoms with Crippen LogP contribution in [0.4, 0.5) is 11.5 Å². The van der Waals surface area contributed by atoms with Gasteiger partial charge in [-0.1, -0.05) is 0 Å². The van der Waals surface area contributed by atoms with Crippen molar-refractivity contribution in [3.63, 3.8) is 0 Å². The number of nitro groups is 1. The molecule has 2 rings (SSSR count). The fraction of sp³-hybridized carbons (Fsp3) is 0.154. The molecule has 0 spiro atoms. The number of hydrogen-bond donors (Lipinski definition) is 5. The van der Waals surface area contributed by atoms with Crippen LogP contribution in [0.2, 0.25) is 0 Å². The minimum absolute atomic E-state index is 0.259. The molecule has 1 amide bonds. The predicted octanol–water partition coefficient (Wildman–Crippen LogP) is -0.977. The van der Waals surface area contributed by atoms with Crippen molar-refractivity contribution in [1.82, 2.24) is 20.6 Å². The van der Waals surface area contributed by atoms with E-state index in [1.54, 1.807) is 0 Å². The number of nitrogens with one attached hydrogen (secondary N) is 4. The van der Waals surface area contributed by atoms with Gasteiger partial charge in [0.25, 0.3) is 11.5 Å². The standard InChI is InChI=1S/C13H13N7O6/c1-6(15-10-12(23)16-13(24)19-17-10)11(22)18-14-5-7-2-3-9(21)8(4-7)20(25)26/h2-6,21H,1H3,(H,15,17)(H,18,22)(H2,16,19,23,24)/b14-5-/t6-/m1/s1. The van der Waals surface area contributed by atoms with Crippen molar-refractivity contribution in [2.45, 2.75) is 13.0 Å². The maximum atomic E-state index is 11.9. The molecule has 0 saturated carbocycles. The highest BCUT2D eigenvalue weighted by molar-refractivity contribution is 5.86. The van der Waals surface area contributed by atoms with Gasteiger partial charge in [0.2, 0.25) is 5.82 Å². The Morgan fingerprint density at radius 3 is 2.85 bits per heavy atom. The van der Waals surface area contributed by atoms with Crippen molar-refractivity contribution in [3.05, 3.63) is 54.7 Å². The summed E-state index contributed by atoms with van der Waals surface area (Å²) in [6.45, 7) is 1.42. The van der Waals surface area contributed by atoms with E-state index in [0.717, 1.165) is 18.3 Å². The van der Waals surface area contributed by atoms with Crippen LogP contribution in [0, 0.1) is 10.1 Å². The molecule has 13 heteroatoms. The van der Waals surface area contributed by atoms with Crippen LogP contribution in [0.5, 0.6) is 5.75 Å². The van der Waals surface area contributed by atoms with Gasteiger partial charge in [0, 0.05) is 11.6 Å². The maximum absolute atomic E-state index is 11.9. The molecule has 0 aliphatic heterocycles. The van der Waals surface area contributed by atoms with E-state index in [2.05, 4.69) is 20.9 Å². The summed E-state index contributed by atoms with van der Waals surface area (Å²) in [6, 6.07) is 2.64. The second-order valence-corrected chi connectivity index (χ2v) is 4.96. The van der Waals surface area contributed by atoms with Crippen molar-refractivity contribution in [3.8, 4) is 5.75 Å². The van der Waals surface area contributed by atoms with E-state index in [1.807, 2.05) is 10.1 Å². The molecule has 1 aromatic heterocycles. The number of hydrogen-bond acceptors (Lipinski definition) is 9. The first-order valence-corrected chi connectivity index (χ1v) is 7.04. The van der Waals surface area contributed by atoms with Crippen LogP contribution in [0.3, 0.4) is 0 Å². The number of aromatic hydroxyl groups is 1. The Morgan fingerprint density at radius 2 is 2.19 bits per heavy atom. The van der Waals surface area contributed by atoms with Gasteiger partial charge in [-0.3, -0.25) is 24.7 Å². The van der Waals surface area contributed by atoms with Crippen LogP contribution >= 0.6 is 0 Å². The van der Waals surface area contributed by atoms with Crippen molar-refractivity contribution >= 4 is 23.6 Å². The summed E-state index contributed by atoms with van der Waals surface area (Å²) < 4.78 is 0. The lowest BCUT2D eigenvalue weighted by Gasteiger charge is -2.11. The van der Waals surface area contributed by atoms with Crippen LogP contribution in [0.25, 0.3) is 0 Å². The van der Waals surface area contributed by atoms with Gasteiger partial charge in [-0.2, -0.15) is 5.10 Å². The average molecular weight is 363 g/mol. The van der Waals surface area contributed by atoms with Crippen molar-refractivity contribution < 1.29 is 14.8 Å². The zero-order chi connectivity index (χ0) is 19.3. The number of carbonyl (C=O) groups excluding carboxylic acids is 1. The monoisotopic (exact) mass is 363 g/mol. The Balaban J connectivity index is 2.00. The van der Waals surface area contributed by atoms with Gasteiger partial charge in [0.15, 0.2) is 5.75 Å². The van der Waals surface area contributed by atoms with Gasteiger partial charge in [-0.25, -0.2) is 15.3 Å². The second-order valence-electron chi connectivity index (χ2n) is 4.96. The smallest absolute Gasteiger partial charge is 0.342 e. The fourth-order valence-corrected chi connectivity index (χ4v) is 1.75. The van der Waals surface area contributed by atoms with E-state index in [-0.39, 0.29) is 11.4 Å². The third-order valence-electron chi connectivity index (χ3n) is 3.04. The molecule has 1 heterocycles. The zero-order valence-corrected chi connectivity index (χ0v) is 13.2. The SMILES string of the molecule is C[C@@H](Nc1n[nH]c(=O)[nH]c1=O)C(=O)N/N=C\c1ccc(O)c([N+](=O)[O-])c1. The molecule has 0 fully saturated rings. The number of anilines is 1. The van der Waals surface area contributed by atoms with Crippen LogP contribution in [0.1, 0.15) is 12.5 Å². The number of rotatable bonds is 6. The fourth-order valence-electron chi connectivity index (χ4n) is 1.75. The van der Waals surface area contributed by atoms with Crippen LogP contribution < -0.4 is 22.0 Å². The van der Waals surface area contributed by atoms with Crippen molar-refractivity contribution in [1.29, 1.82) is 0 Å². The normalized spacial score (nSPS) is 11.9. The molecular weight excluding hydrogens is 350 g/mol. The molecular formula is C13H13N7O6. The summed E-state index contributed by atoms with van der Waals surface area (Å²) in [5.41, 5.74) is 0.355. The summed E-state index contributed by atoms with van der Waals surface area (Å²) in [4.78, 5) is 46.2. The Labute approximate surface area is 143 Å². The minimum Gasteiger partial charge on any atom is -0.502 e. The van der Waals surface area contributed by atoms with E-state index in [0.29, 0.717) is 0 Å². The highest BCUT2D eigenvalue weighted by Crippen LogP contribution is 2.25. The van der Waals surface area contributed by atoms with Crippen LogP contribution in [-0.4, -0.2) is 43.4 Å². The number of hydrazone groups is 1. The summed E-state index contributed by atoms with van der Waals surface area (Å²) in [7, 11) is 0. The molecule has 0 unspecified atom stereocenters. The van der Waals surface area contributed by atoms with Gasteiger partial charge in [-0.05, 0) is 19.1 Å². The highest BCUT2D eigenvalue weighted by Gasteiger charge is 2.15. The molecule has 0 aliphatic carbocycles. The summed E-state index contributed by atoms with van der Waals surface area (Å²) >= 11 is 0. The Bertz CT molecular complexity index is 979. The largest absolute Gasteiger partial charge is 0.502 e. The first-order valence-electron chi connectivity index (χ1n) is 7.04. The molecule has 26 heavy (non-hydrogen) atoms. The number of aromatic nitrogens is 3. The quantitative estimate of drug-likeness (QED) is 0.245. The number of benzene rings is 1. The van der Waals surface area contributed by atoms with Crippen LogP contribution in [-0.2, 0) is 4.79 Å². The first kappa shape index (κ1) is 18.3. The second kappa shape index (κ2) is 7.69. The number of amides is 1. The van der Waals surface area contributed by atoms with E-state index in [1.165, 1.54) is 13.0 Å². The molecule has 0 bridgehead atoms. The number of H-pyrrole nitrogens is 2. The van der Waals surface area contributed by atoms with Gasteiger partial charge < -0.3 is 10.4 Å². The molecule has 0 aliphatic rings. The summed E-state index contributed by atoms with van der Waals surface area (Å²) in [5, 5.41) is 31.7. The molecule has 5 N–H and O–H groups in total. The Hall–Kier alpha value is -4.03.